The molecule has 0 spiro atoms. The van der Waals surface area contributed by atoms with Crippen LogP contribution in [-0.2, 0) is 4.79 Å². The summed E-state index contributed by atoms with van der Waals surface area (Å²) in [6.07, 6.45) is 0. The van der Waals surface area contributed by atoms with Crippen molar-refractivity contribution in [2.75, 3.05) is 12.4 Å². The summed E-state index contributed by atoms with van der Waals surface area (Å²) in [7, 11) is 1.90. The maximum Gasteiger partial charge on any atom is 0.221 e. The van der Waals surface area contributed by atoms with Gasteiger partial charge in [-0.3, -0.25) is 4.79 Å². The first-order valence-corrected chi connectivity index (χ1v) is 4.69. The Bertz CT molecular complexity index is 323. The second kappa shape index (κ2) is 4.77. The van der Waals surface area contributed by atoms with Crippen LogP contribution in [0, 0.1) is 0 Å². The Morgan fingerprint density at radius 1 is 1.36 bits per heavy atom. The number of hydrogen-bond acceptors (Lipinski definition) is 2. The van der Waals surface area contributed by atoms with Crippen LogP contribution < -0.4 is 10.6 Å². The minimum atomic E-state index is -0.0410. The summed E-state index contributed by atoms with van der Waals surface area (Å²) in [4.78, 5) is 10.9. The number of anilines is 1. The molecule has 1 rings (SSSR count). The highest BCUT2D eigenvalue weighted by Gasteiger charge is 2.08. The smallest absolute Gasteiger partial charge is 0.221 e. The van der Waals surface area contributed by atoms with Crippen LogP contribution in [0.3, 0.4) is 0 Å². The first-order chi connectivity index (χ1) is 6.65. The van der Waals surface area contributed by atoms with E-state index in [1.165, 1.54) is 6.92 Å². The van der Waals surface area contributed by atoms with Gasteiger partial charge < -0.3 is 10.6 Å². The van der Waals surface area contributed by atoms with Gasteiger partial charge in [0.05, 0.1) is 0 Å². The molecule has 1 atom stereocenters. The van der Waals surface area contributed by atoms with Gasteiger partial charge in [-0.15, -0.1) is 0 Å². The molecule has 0 aliphatic rings. The summed E-state index contributed by atoms with van der Waals surface area (Å²) < 4.78 is 0. The number of carbonyl (C=O) groups excluding carboxylic acids is 1. The Labute approximate surface area is 84.5 Å². The van der Waals surface area contributed by atoms with Crippen molar-refractivity contribution in [1.82, 2.24) is 5.32 Å². The first-order valence-electron chi connectivity index (χ1n) is 4.69. The molecule has 0 fully saturated rings. The van der Waals surface area contributed by atoms with Crippen molar-refractivity contribution in [3.63, 3.8) is 0 Å². The summed E-state index contributed by atoms with van der Waals surface area (Å²) in [5.74, 6) is -0.0410. The first kappa shape index (κ1) is 10.7. The lowest BCUT2D eigenvalue weighted by atomic mass is 10.1. The molecule has 3 nitrogen and oxygen atoms in total. The SMILES string of the molecule is CNC(C)c1ccccc1NC(C)=O. The molecule has 0 aliphatic carbocycles. The molecular formula is C11H16N2O. The van der Waals surface area contributed by atoms with Crippen LogP contribution in [0.25, 0.3) is 0 Å². The van der Waals surface area contributed by atoms with Gasteiger partial charge in [0, 0.05) is 18.7 Å². The van der Waals surface area contributed by atoms with Crippen molar-refractivity contribution in [1.29, 1.82) is 0 Å². The average molecular weight is 192 g/mol. The molecule has 0 heterocycles. The van der Waals surface area contributed by atoms with Crippen molar-refractivity contribution >= 4 is 11.6 Å². The highest BCUT2D eigenvalue weighted by Crippen LogP contribution is 2.21. The number of hydrogen-bond donors (Lipinski definition) is 2. The topological polar surface area (TPSA) is 41.1 Å². The monoisotopic (exact) mass is 192 g/mol. The van der Waals surface area contributed by atoms with E-state index in [9.17, 15) is 4.79 Å². The van der Waals surface area contributed by atoms with Gasteiger partial charge in [0.25, 0.3) is 0 Å². The minimum absolute atomic E-state index is 0.0410. The summed E-state index contributed by atoms with van der Waals surface area (Å²) >= 11 is 0. The fourth-order valence-corrected chi connectivity index (χ4v) is 1.33. The minimum Gasteiger partial charge on any atom is -0.326 e. The number of benzene rings is 1. The average Bonchev–Trinajstić information content (AvgIpc) is 2.16. The Morgan fingerprint density at radius 2 is 2.00 bits per heavy atom. The van der Waals surface area contributed by atoms with E-state index in [2.05, 4.69) is 17.6 Å². The second-order valence-corrected chi connectivity index (χ2v) is 3.28. The molecule has 76 valence electrons. The number of amides is 1. The molecular weight excluding hydrogens is 176 g/mol. The molecule has 0 aliphatic heterocycles. The molecule has 14 heavy (non-hydrogen) atoms. The predicted molar refractivity (Wildman–Crippen MR) is 58.2 cm³/mol. The van der Waals surface area contributed by atoms with E-state index in [1.54, 1.807) is 0 Å². The van der Waals surface area contributed by atoms with E-state index >= 15 is 0 Å². The van der Waals surface area contributed by atoms with Crippen LogP contribution in [0.1, 0.15) is 25.5 Å². The van der Waals surface area contributed by atoms with Crippen LogP contribution in [0.15, 0.2) is 24.3 Å². The van der Waals surface area contributed by atoms with Gasteiger partial charge in [-0.25, -0.2) is 0 Å². The summed E-state index contributed by atoms with van der Waals surface area (Å²) in [5.41, 5.74) is 1.98. The van der Waals surface area contributed by atoms with Crippen molar-refractivity contribution in [2.45, 2.75) is 19.9 Å². The van der Waals surface area contributed by atoms with Crippen molar-refractivity contribution in [2.24, 2.45) is 0 Å². The van der Waals surface area contributed by atoms with E-state index in [4.69, 9.17) is 0 Å². The Balaban J connectivity index is 2.96. The zero-order chi connectivity index (χ0) is 10.6. The van der Waals surface area contributed by atoms with Crippen LogP contribution in [0.2, 0.25) is 0 Å². The molecule has 1 amide bonds. The highest BCUT2D eigenvalue weighted by molar-refractivity contribution is 5.89. The summed E-state index contributed by atoms with van der Waals surface area (Å²) in [5, 5.41) is 5.95. The van der Waals surface area contributed by atoms with E-state index in [0.29, 0.717) is 0 Å². The van der Waals surface area contributed by atoms with Crippen molar-refractivity contribution in [3.05, 3.63) is 29.8 Å². The number of nitrogens with one attached hydrogen (secondary N) is 2. The lowest BCUT2D eigenvalue weighted by Crippen LogP contribution is -2.16. The van der Waals surface area contributed by atoms with Crippen LogP contribution >= 0.6 is 0 Å². The van der Waals surface area contributed by atoms with E-state index < -0.39 is 0 Å². The third-order valence-electron chi connectivity index (χ3n) is 2.17. The standard InChI is InChI=1S/C11H16N2O/c1-8(12-3)10-6-4-5-7-11(10)13-9(2)14/h4-8,12H,1-3H3,(H,13,14). The molecule has 2 N–H and O–H groups in total. The van der Waals surface area contributed by atoms with Gasteiger partial charge in [0.2, 0.25) is 5.91 Å². The molecule has 1 unspecified atom stereocenters. The normalized spacial score (nSPS) is 12.2. The third kappa shape index (κ3) is 2.57. The van der Waals surface area contributed by atoms with Crippen LogP contribution in [0.5, 0.6) is 0 Å². The quantitative estimate of drug-likeness (QED) is 0.768. The second-order valence-electron chi connectivity index (χ2n) is 3.28. The molecule has 0 saturated heterocycles. The molecule has 1 aromatic rings. The number of carbonyl (C=O) groups is 1. The fraction of sp³-hybridized carbons (Fsp3) is 0.364. The van der Waals surface area contributed by atoms with Gasteiger partial charge in [-0.05, 0) is 25.6 Å². The van der Waals surface area contributed by atoms with Crippen molar-refractivity contribution < 1.29 is 4.79 Å². The molecule has 0 aromatic heterocycles. The van der Waals surface area contributed by atoms with Crippen LogP contribution in [0.4, 0.5) is 5.69 Å². The lowest BCUT2D eigenvalue weighted by Gasteiger charge is -2.15. The zero-order valence-electron chi connectivity index (χ0n) is 8.79. The van der Waals surface area contributed by atoms with E-state index in [0.717, 1.165) is 11.3 Å². The molecule has 1 aromatic carbocycles. The van der Waals surface area contributed by atoms with Gasteiger partial charge in [0.1, 0.15) is 0 Å². The Kier molecular flexibility index (Phi) is 3.65. The van der Waals surface area contributed by atoms with Crippen LogP contribution in [-0.4, -0.2) is 13.0 Å². The maximum atomic E-state index is 10.9. The Morgan fingerprint density at radius 3 is 2.57 bits per heavy atom. The number of para-hydroxylation sites is 1. The largest absolute Gasteiger partial charge is 0.326 e. The van der Waals surface area contributed by atoms with E-state index in [-0.39, 0.29) is 11.9 Å². The molecule has 0 radical (unpaired) electrons. The molecule has 0 saturated carbocycles. The summed E-state index contributed by atoms with van der Waals surface area (Å²) in [6.45, 7) is 3.57. The zero-order valence-corrected chi connectivity index (χ0v) is 8.79. The molecule has 3 heteroatoms. The predicted octanol–water partition coefficient (Wildman–Crippen LogP) is 1.93. The van der Waals surface area contributed by atoms with Gasteiger partial charge in [-0.1, -0.05) is 18.2 Å². The lowest BCUT2D eigenvalue weighted by molar-refractivity contribution is -0.114. The van der Waals surface area contributed by atoms with E-state index in [1.807, 2.05) is 31.3 Å². The van der Waals surface area contributed by atoms with Gasteiger partial charge >= 0.3 is 0 Å². The van der Waals surface area contributed by atoms with Gasteiger partial charge in [-0.2, -0.15) is 0 Å². The molecule has 0 bridgehead atoms. The Hall–Kier alpha value is -1.35. The maximum absolute atomic E-state index is 10.9. The number of rotatable bonds is 3. The summed E-state index contributed by atoms with van der Waals surface area (Å²) in [6, 6.07) is 8.03. The highest BCUT2D eigenvalue weighted by atomic mass is 16.1. The van der Waals surface area contributed by atoms with Gasteiger partial charge in [0.15, 0.2) is 0 Å². The van der Waals surface area contributed by atoms with Crippen molar-refractivity contribution in [3.8, 4) is 0 Å². The fourth-order valence-electron chi connectivity index (χ4n) is 1.33. The third-order valence-corrected chi connectivity index (χ3v) is 2.17.